The van der Waals surface area contributed by atoms with Crippen LogP contribution in [-0.2, 0) is 0 Å². The monoisotopic (exact) mass is 202 g/mol. The molecule has 0 saturated carbocycles. The molecule has 0 spiro atoms. The van der Waals surface area contributed by atoms with Gasteiger partial charge in [-0.3, -0.25) is 4.90 Å². The average molecular weight is 202 g/mol. The lowest BCUT2D eigenvalue weighted by molar-refractivity contribution is 0.416. The quantitative estimate of drug-likeness (QED) is 0.621. The molecule has 0 fully saturated rings. The number of nitrogen functional groups attached to an aromatic ring is 1. The number of nitrogens with two attached hydrogens (primary N) is 1. The molecule has 1 aliphatic heterocycles. The van der Waals surface area contributed by atoms with Crippen LogP contribution in [0.3, 0.4) is 0 Å². The van der Waals surface area contributed by atoms with Crippen molar-refractivity contribution >= 4 is 22.9 Å². The fourth-order valence-corrected chi connectivity index (χ4v) is 1.70. The van der Waals surface area contributed by atoms with E-state index in [0.717, 1.165) is 22.8 Å². The van der Waals surface area contributed by atoms with Gasteiger partial charge in [0.2, 0.25) is 0 Å². The van der Waals surface area contributed by atoms with E-state index in [9.17, 15) is 0 Å². The Morgan fingerprint density at radius 2 is 2.07 bits per heavy atom. The topological polar surface area (TPSA) is 66.9 Å². The molecule has 3 N–H and O–H groups in total. The van der Waals surface area contributed by atoms with E-state index in [-0.39, 0.29) is 0 Å². The van der Waals surface area contributed by atoms with E-state index in [4.69, 9.17) is 10.5 Å². The molecule has 15 heavy (non-hydrogen) atoms. The first-order chi connectivity index (χ1) is 7.31. The maximum Gasteiger partial charge on any atom is 0.148 e. The second-order valence-corrected chi connectivity index (χ2v) is 3.34. The molecule has 5 heteroatoms. The third kappa shape index (κ3) is 1.06. The van der Waals surface area contributed by atoms with Crippen LogP contribution in [0.2, 0.25) is 0 Å². The fraction of sp³-hybridized carbons (Fsp3) is 0.100. The summed E-state index contributed by atoms with van der Waals surface area (Å²) in [6.45, 7) is 0. The Hall–Kier alpha value is -2.17. The molecule has 5 nitrogen and oxygen atoms in total. The van der Waals surface area contributed by atoms with Crippen LogP contribution < -0.4 is 15.4 Å². The summed E-state index contributed by atoms with van der Waals surface area (Å²) in [4.78, 5) is 9.13. The number of aromatic amines is 1. The highest BCUT2D eigenvalue weighted by atomic mass is 16.5. The lowest BCUT2D eigenvalue weighted by atomic mass is 10.3. The summed E-state index contributed by atoms with van der Waals surface area (Å²) in [6, 6.07) is 1.72. The van der Waals surface area contributed by atoms with Crippen molar-refractivity contribution in [1.29, 1.82) is 0 Å². The number of H-pyrrole nitrogens is 1. The van der Waals surface area contributed by atoms with E-state index < -0.39 is 0 Å². The average Bonchev–Trinajstić information content (AvgIpc) is 2.72. The van der Waals surface area contributed by atoms with Crippen molar-refractivity contribution in [1.82, 2.24) is 9.97 Å². The number of pyridine rings is 1. The number of fused-ring (bicyclic) bond motifs is 1. The molecule has 0 atom stereocenters. The summed E-state index contributed by atoms with van der Waals surface area (Å²) < 4.78 is 5.26. The van der Waals surface area contributed by atoms with Gasteiger partial charge in [-0.2, -0.15) is 0 Å². The summed E-state index contributed by atoms with van der Waals surface area (Å²) >= 11 is 0. The van der Waals surface area contributed by atoms with Crippen LogP contribution in [0.1, 0.15) is 0 Å². The van der Waals surface area contributed by atoms with Gasteiger partial charge in [-0.05, 0) is 0 Å². The zero-order valence-electron chi connectivity index (χ0n) is 8.19. The molecule has 0 radical (unpaired) electrons. The number of methoxy groups -OCH3 is 1. The van der Waals surface area contributed by atoms with Gasteiger partial charge in [-0.1, -0.05) is 0 Å². The summed E-state index contributed by atoms with van der Waals surface area (Å²) in [5, 5.41) is 0. The van der Waals surface area contributed by atoms with Crippen LogP contribution in [0.25, 0.3) is 0 Å². The molecule has 2 aromatic heterocycles. The van der Waals surface area contributed by atoms with Crippen molar-refractivity contribution in [2.24, 2.45) is 0 Å². The highest BCUT2D eigenvalue weighted by Crippen LogP contribution is 2.55. The van der Waals surface area contributed by atoms with Crippen molar-refractivity contribution in [2.45, 2.75) is 0 Å². The van der Waals surface area contributed by atoms with Gasteiger partial charge in [0.1, 0.15) is 17.3 Å². The number of hydrogen-bond donors (Lipinski definition) is 2. The second-order valence-electron chi connectivity index (χ2n) is 3.34. The minimum absolute atomic E-state index is 0.462. The van der Waals surface area contributed by atoms with Crippen LogP contribution in [0, 0.1) is 0 Å². The number of hydrogen-bond acceptors (Lipinski definition) is 4. The Labute approximate surface area is 86.5 Å². The van der Waals surface area contributed by atoms with Gasteiger partial charge in [0.05, 0.1) is 24.7 Å². The van der Waals surface area contributed by atoms with Gasteiger partial charge in [-0.25, -0.2) is 4.98 Å². The Bertz CT molecular complexity index is 501. The highest BCUT2D eigenvalue weighted by molar-refractivity contribution is 6.01. The zero-order valence-corrected chi connectivity index (χ0v) is 8.19. The molecule has 0 aliphatic carbocycles. The van der Waals surface area contributed by atoms with Gasteiger partial charge in [0.15, 0.2) is 0 Å². The molecule has 3 heterocycles. The van der Waals surface area contributed by atoms with E-state index in [1.807, 2.05) is 12.4 Å². The van der Waals surface area contributed by atoms with Crippen LogP contribution >= 0.6 is 0 Å². The van der Waals surface area contributed by atoms with Crippen LogP contribution in [0.15, 0.2) is 24.7 Å². The number of aromatic nitrogens is 2. The number of rotatable bonds is 2. The maximum atomic E-state index is 5.59. The number of ether oxygens (including phenoxy) is 1. The van der Waals surface area contributed by atoms with E-state index in [2.05, 4.69) is 14.9 Å². The number of nitrogens with one attached hydrogen (secondary N) is 1. The molecule has 0 aromatic carbocycles. The minimum atomic E-state index is 0.462. The van der Waals surface area contributed by atoms with E-state index in [0.29, 0.717) is 5.82 Å². The Morgan fingerprint density at radius 1 is 1.33 bits per heavy atom. The SMILES string of the molecule is COc1cc(N)ncc1N1c2c[nH]cc21. The second kappa shape index (κ2) is 2.66. The number of nitrogens with zero attached hydrogens (tertiary/aromatic N) is 2. The van der Waals surface area contributed by atoms with Gasteiger partial charge in [-0.15, -0.1) is 0 Å². The van der Waals surface area contributed by atoms with Crippen molar-refractivity contribution in [3.05, 3.63) is 24.7 Å². The molecule has 0 saturated heterocycles. The first kappa shape index (κ1) is 8.16. The molecule has 0 unspecified atom stereocenters. The summed E-state index contributed by atoms with van der Waals surface area (Å²) in [7, 11) is 1.62. The van der Waals surface area contributed by atoms with E-state index >= 15 is 0 Å². The third-order valence-electron chi connectivity index (χ3n) is 2.46. The fourth-order valence-electron chi connectivity index (χ4n) is 1.70. The molecular weight excluding hydrogens is 192 g/mol. The molecule has 3 rings (SSSR count). The van der Waals surface area contributed by atoms with Crippen molar-refractivity contribution < 1.29 is 4.74 Å². The van der Waals surface area contributed by atoms with Gasteiger partial charge in [0.25, 0.3) is 0 Å². The highest BCUT2D eigenvalue weighted by Gasteiger charge is 2.33. The van der Waals surface area contributed by atoms with Crippen LogP contribution in [0.4, 0.5) is 22.9 Å². The standard InChI is InChI=1S/C10H10N4O/c1-15-9-2-10(11)13-5-8(9)14-6-3-12-4-7(6)14/h2-5,12H,1H3,(H2,11,13). The Morgan fingerprint density at radius 3 is 2.73 bits per heavy atom. The molecular formula is C10H10N4O. The smallest absolute Gasteiger partial charge is 0.148 e. The molecule has 0 amide bonds. The first-order valence-electron chi connectivity index (χ1n) is 4.57. The first-order valence-corrected chi connectivity index (χ1v) is 4.57. The lowest BCUT2D eigenvalue weighted by Crippen LogP contribution is -1.99. The lowest BCUT2D eigenvalue weighted by Gasteiger charge is -2.10. The van der Waals surface area contributed by atoms with Crippen LogP contribution in [-0.4, -0.2) is 17.1 Å². The maximum absolute atomic E-state index is 5.59. The summed E-state index contributed by atoms with van der Waals surface area (Å²) in [5.41, 5.74) is 8.82. The molecule has 0 bridgehead atoms. The Kier molecular flexibility index (Phi) is 1.45. The van der Waals surface area contributed by atoms with Gasteiger partial charge >= 0.3 is 0 Å². The predicted molar refractivity (Wildman–Crippen MR) is 57.8 cm³/mol. The van der Waals surface area contributed by atoms with Crippen molar-refractivity contribution in [3.63, 3.8) is 0 Å². The summed E-state index contributed by atoms with van der Waals surface area (Å²) in [6.07, 6.45) is 5.59. The number of anilines is 4. The van der Waals surface area contributed by atoms with Crippen LogP contribution in [0.5, 0.6) is 5.75 Å². The van der Waals surface area contributed by atoms with E-state index in [1.54, 1.807) is 19.4 Å². The normalized spacial score (nSPS) is 12.5. The molecule has 2 aromatic rings. The molecule has 76 valence electrons. The molecule has 1 aliphatic rings. The minimum Gasteiger partial charge on any atom is -0.494 e. The summed E-state index contributed by atoms with van der Waals surface area (Å²) in [5.74, 6) is 1.20. The Balaban J connectivity index is 2.03. The van der Waals surface area contributed by atoms with E-state index in [1.165, 1.54) is 0 Å². The zero-order chi connectivity index (χ0) is 10.4. The van der Waals surface area contributed by atoms with Crippen molar-refractivity contribution in [2.75, 3.05) is 17.7 Å². The van der Waals surface area contributed by atoms with Gasteiger partial charge < -0.3 is 15.5 Å². The van der Waals surface area contributed by atoms with Crippen molar-refractivity contribution in [3.8, 4) is 5.75 Å². The third-order valence-corrected chi connectivity index (χ3v) is 2.46. The predicted octanol–water partition coefficient (Wildman–Crippen LogP) is 1.78. The largest absolute Gasteiger partial charge is 0.494 e. The van der Waals surface area contributed by atoms with Gasteiger partial charge in [0, 0.05) is 18.5 Å².